The molecule has 1 fully saturated rings. The molecule has 0 saturated carbocycles. The van der Waals surface area contributed by atoms with E-state index in [4.69, 9.17) is 24.4 Å². The fourth-order valence-electron chi connectivity index (χ4n) is 5.87. The zero-order chi connectivity index (χ0) is 43.7. The van der Waals surface area contributed by atoms with Crippen LogP contribution in [0.4, 0.5) is 0 Å². The molecule has 1 aliphatic heterocycles. The van der Waals surface area contributed by atoms with Crippen LogP contribution in [0.15, 0.2) is 170 Å². The Bertz CT molecular complexity index is 1920. The van der Waals surface area contributed by atoms with Gasteiger partial charge in [0.15, 0.2) is 0 Å². The molecule has 2 N–H and O–H groups in total. The number of aliphatic hydroxyl groups excluding tert-OH is 1. The van der Waals surface area contributed by atoms with Gasteiger partial charge in [-0.05, 0) is 70.8 Å². The van der Waals surface area contributed by atoms with Crippen molar-refractivity contribution >= 4 is 12.6 Å². The predicted octanol–water partition coefficient (Wildman–Crippen LogP) is 8.52. The summed E-state index contributed by atoms with van der Waals surface area (Å²) < 4.78 is 21.5. The lowest BCUT2D eigenvalue weighted by Gasteiger charge is -2.22. The molecule has 10 nitrogen and oxygen atoms in total. The molecule has 1 saturated heterocycles. The fraction of sp³-hybridized carbons (Fsp3) is 0.269. The third kappa shape index (κ3) is 22.6. The number of ether oxygens (including phenoxy) is 4. The van der Waals surface area contributed by atoms with E-state index in [0.29, 0.717) is 50.7 Å². The number of aldehydes is 2. The quantitative estimate of drug-likeness (QED) is 0.0391. The van der Waals surface area contributed by atoms with Gasteiger partial charge in [-0.15, -0.1) is 0 Å². The first kappa shape index (κ1) is 48.7. The van der Waals surface area contributed by atoms with Crippen LogP contribution < -0.4 is 4.74 Å². The lowest BCUT2D eigenvalue weighted by atomic mass is 10.1. The van der Waals surface area contributed by atoms with Crippen LogP contribution >= 0.6 is 0 Å². The molecule has 0 aromatic heterocycles. The molecule has 10 heteroatoms. The van der Waals surface area contributed by atoms with Gasteiger partial charge in [-0.25, -0.2) is 0 Å². The first-order chi connectivity index (χ1) is 30.5. The van der Waals surface area contributed by atoms with Crippen LogP contribution in [0.25, 0.3) is 0 Å². The average molecular weight is 841 g/mol. The van der Waals surface area contributed by atoms with Crippen molar-refractivity contribution in [3.05, 3.63) is 203 Å². The number of hydrogen-bond acceptors (Lipinski definition) is 10. The van der Waals surface area contributed by atoms with E-state index in [1.807, 2.05) is 24.3 Å². The maximum atomic E-state index is 10.7. The molecule has 6 aromatic rings. The number of phenols is 1. The normalized spacial score (nSPS) is 11.2. The average Bonchev–Trinajstić information content (AvgIpc) is 4.21. The van der Waals surface area contributed by atoms with Crippen molar-refractivity contribution in [2.24, 2.45) is 0 Å². The van der Waals surface area contributed by atoms with Gasteiger partial charge in [0.1, 0.15) is 30.7 Å². The van der Waals surface area contributed by atoms with Crippen LogP contribution in [0.3, 0.4) is 0 Å². The van der Waals surface area contributed by atoms with Crippen LogP contribution in [-0.4, -0.2) is 98.5 Å². The summed E-state index contributed by atoms with van der Waals surface area (Å²) in [5, 5.41) is 17.9. The standard InChI is InChI=1S/C27H31NO4.C16H19NO.C7H6O2.C2H4O/c29-23-26-11-13-27(14-12-26)32-20-19-31-18-17-30-16-15-28(21-24-7-3-1-4-8-24)22-25-9-5-2-6-10-25;18-12-11-17(13-15-7-3-1-4-8-15)14-16-9-5-2-6-10-16;8-5-6-1-3-7(9)4-2-6;1-2-3-1/h1-14,23H,15-22H2;1-10,18H,11-14H2;1-5,9H;1-2H2. The molecule has 0 unspecified atom stereocenters. The molecule has 62 heavy (non-hydrogen) atoms. The van der Waals surface area contributed by atoms with E-state index in [2.05, 4.69) is 112 Å². The second kappa shape index (κ2) is 31.0. The van der Waals surface area contributed by atoms with E-state index >= 15 is 0 Å². The summed E-state index contributed by atoms with van der Waals surface area (Å²) in [7, 11) is 0. The molecule has 7 rings (SSSR count). The summed E-state index contributed by atoms with van der Waals surface area (Å²) in [4.78, 5) is 25.3. The minimum absolute atomic E-state index is 0.181. The zero-order valence-corrected chi connectivity index (χ0v) is 35.5. The van der Waals surface area contributed by atoms with E-state index in [-0.39, 0.29) is 12.4 Å². The van der Waals surface area contributed by atoms with Gasteiger partial charge in [0.2, 0.25) is 0 Å². The lowest BCUT2D eigenvalue weighted by molar-refractivity contribution is 0.0279. The molecule has 0 spiro atoms. The number of aromatic hydroxyl groups is 1. The topological polar surface area (TPSA) is 121 Å². The molecular weight excluding hydrogens is 781 g/mol. The Balaban J connectivity index is 0.000000232. The van der Waals surface area contributed by atoms with E-state index in [9.17, 15) is 9.59 Å². The predicted molar refractivity (Wildman–Crippen MR) is 244 cm³/mol. The van der Waals surface area contributed by atoms with Crippen molar-refractivity contribution in [1.82, 2.24) is 9.80 Å². The Kier molecular flexibility index (Phi) is 24.3. The van der Waals surface area contributed by atoms with Gasteiger partial charge in [0, 0.05) is 50.4 Å². The third-order valence-electron chi connectivity index (χ3n) is 9.08. The number of nitrogens with zero attached hydrogens (tertiary/aromatic N) is 2. The Morgan fingerprint density at radius 1 is 0.468 bits per heavy atom. The number of epoxide rings is 1. The Labute approximate surface area is 366 Å². The van der Waals surface area contributed by atoms with Gasteiger partial charge >= 0.3 is 0 Å². The molecule has 326 valence electrons. The maximum Gasteiger partial charge on any atom is 0.150 e. The van der Waals surface area contributed by atoms with Crippen molar-refractivity contribution in [2.75, 3.05) is 65.9 Å². The van der Waals surface area contributed by atoms with E-state index < -0.39 is 0 Å². The second-order valence-electron chi connectivity index (χ2n) is 14.2. The molecule has 0 atom stereocenters. The fourth-order valence-corrected chi connectivity index (χ4v) is 5.87. The summed E-state index contributed by atoms with van der Waals surface area (Å²) in [5.41, 5.74) is 6.37. The molecule has 0 aliphatic carbocycles. The van der Waals surface area contributed by atoms with Crippen LogP contribution in [-0.2, 0) is 40.4 Å². The Hall–Kier alpha value is -5.98. The zero-order valence-electron chi connectivity index (χ0n) is 35.5. The van der Waals surface area contributed by atoms with Crippen molar-refractivity contribution in [2.45, 2.75) is 26.2 Å². The Morgan fingerprint density at radius 3 is 1.19 bits per heavy atom. The van der Waals surface area contributed by atoms with Crippen LogP contribution in [0.1, 0.15) is 43.0 Å². The van der Waals surface area contributed by atoms with Gasteiger partial charge < -0.3 is 29.2 Å². The van der Waals surface area contributed by atoms with Crippen LogP contribution in [0, 0.1) is 0 Å². The minimum atomic E-state index is 0.181. The van der Waals surface area contributed by atoms with Crippen molar-refractivity contribution in [1.29, 1.82) is 0 Å². The number of hydrogen-bond donors (Lipinski definition) is 2. The molecule has 0 amide bonds. The lowest BCUT2D eigenvalue weighted by Crippen LogP contribution is -2.27. The summed E-state index contributed by atoms with van der Waals surface area (Å²) in [6.45, 7) is 9.96. The number of rotatable bonds is 22. The summed E-state index contributed by atoms with van der Waals surface area (Å²) in [6, 6.07) is 54.9. The number of carbonyl (C=O) groups is 2. The minimum Gasteiger partial charge on any atom is -0.508 e. The highest BCUT2D eigenvalue weighted by atomic mass is 16.6. The first-order valence-electron chi connectivity index (χ1n) is 20.9. The van der Waals surface area contributed by atoms with E-state index in [0.717, 1.165) is 64.3 Å². The van der Waals surface area contributed by atoms with Crippen LogP contribution in [0.2, 0.25) is 0 Å². The summed E-state index contributed by atoms with van der Waals surface area (Å²) in [6.07, 6.45) is 1.55. The van der Waals surface area contributed by atoms with Gasteiger partial charge in [-0.1, -0.05) is 121 Å². The number of benzene rings is 6. The number of carbonyl (C=O) groups excluding carboxylic acids is 2. The molecule has 1 aliphatic rings. The summed E-state index contributed by atoms with van der Waals surface area (Å²) >= 11 is 0. The van der Waals surface area contributed by atoms with E-state index in [1.165, 1.54) is 34.4 Å². The second-order valence-corrected chi connectivity index (χ2v) is 14.2. The molecule has 0 radical (unpaired) electrons. The highest BCUT2D eigenvalue weighted by molar-refractivity contribution is 5.75. The van der Waals surface area contributed by atoms with Gasteiger partial charge in [-0.3, -0.25) is 19.4 Å². The maximum absolute atomic E-state index is 10.7. The smallest absolute Gasteiger partial charge is 0.150 e. The number of phenolic OH excluding ortho intramolecular Hbond substituents is 1. The molecular formula is C52H60N2O8. The third-order valence-corrected chi connectivity index (χ3v) is 9.08. The van der Waals surface area contributed by atoms with Gasteiger partial charge in [0.05, 0.1) is 46.2 Å². The molecule has 1 heterocycles. The molecule has 0 bridgehead atoms. The van der Waals surface area contributed by atoms with Gasteiger partial charge in [-0.2, -0.15) is 0 Å². The van der Waals surface area contributed by atoms with Crippen molar-refractivity contribution in [3.8, 4) is 11.5 Å². The molecule has 6 aromatic carbocycles. The van der Waals surface area contributed by atoms with Crippen molar-refractivity contribution in [3.63, 3.8) is 0 Å². The SMILES string of the molecule is C1CO1.O=Cc1ccc(O)cc1.O=Cc1ccc(OCCOCCOCCN(Cc2ccccc2)Cc2ccccc2)cc1.OCCN(Cc1ccccc1)Cc1ccccc1. The van der Waals surface area contributed by atoms with Gasteiger partial charge in [0.25, 0.3) is 0 Å². The Morgan fingerprint density at radius 2 is 0.823 bits per heavy atom. The van der Waals surface area contributed by atoms with E-state index in [1.54, 1.807) is 36.4 Å². The van der Waals surface area contributed by atoms with Crippen LogP contribution in [0.5, 0.6) is 11.5 Å². The summed E-state index contributed by atoms with van der Waals surface area (Å²) in [5.74, 6) is 0.910. The largest absolute Gasteiger partial charge is 0.508 e. The number of aliphatic hydroxyl groups is 1. The van der Waals surface area contributed by atoms with Crippen molar-refractivity contribution < 1.29 is 38.7 Å². The highest BCUT2D eigenvalue weighted by Crippen LogP contribution is 2.13. The monoisotopic (exact) mass is 840 g/mol. The first-order valence-corrected chi connectivity index (χ1v) is 20.9. The highest BCUT2D eigenvalue weighted by Gasteiger charge is 2.08.